The molecule has 0 aliphatic rings. The third kappa shape index (κ3) is 4.15. The number of rotatable bonds is 6. The highest BCUT2D eigenvalue weighted by atomic mass is 16.5. The average molecular weight is 279 g/mol. The van der Waals surface area contributed by atoms with Gasteiger partial charge in [-0.15, -0.1) is 0 Å². The van der Waals surface area contributed by atoms with E-state index in [2.05, 4.69) is 5.32 Å². The maximum atomic E-state index is 12.2. The second-order valence-corrected chi connectivity index (χ2v) is 4.47. The van der Waals surface area contributed by atoms with Crippen LogP contribution in [0.3, 0.4) is 0 Å². The highest BCUT2D eigenvalue weighted by molar-refractivity contribution is 5.97. The Bertz CT molecular complexity index is 489. The monoisotopic (exact) mass is 279 g/mol. The van der Waals surface area contributed by atoms with E-state index in [1.54, 1.807) is 25.2 Å². The van der Waals surface area contributed by atoms with Crippen molar-refractivity contribution in [2.45, 2.75) is 13.3 Å². The van der Waals surface area contributed by atoms with Crippen LogP contribution in [0.1, 0.15) is 23.7 Å². The van der Waals surface area contributed by atoms with Gasteiger partial charge in [-0.3, -0.25) is 9.59 Å². The highest BCUT2D eigenvalue weighted by Crippen LogP contribution is 2.22. The molecular formula is C14H21N3O3. The summed E-state index contributed by atoms with van der Waals surface area (Å²) >= 11 is 0. The van der Waals surface area contributed by atoms with Crippen LogP contribution in [0, 0.1) is 0 Å². The number of ether oxygens (including phenoxy) is 1. The summed E-state index contributed by atoms with van der Waals surface area (Å²) < 4.78 is 5.04. The summed E-state index contributed by atoms with van der Waals surface area (Å²) in [5.74, 6) is 0.0834. The molecule has 0 fully saturated rings. The van der Waals surface area contributed by atoms with E-state index in [1.165, 1.54) is 12.0 Å². The molecule has 20 heavy (non-hydrogen) atoms. The topological polar surface area (TPSA) is 84.7 Å². The first-order valence-electron chi connectivity index (χ1n) is 6.45. The van der Waals surface area contributed by atoms with Gasteiger partial charge in [0.05, 0.1) is 19.3 Å². The fourth-order valence-electron chi connectivity index (χ4n) is 1.70. The smallest absolute Gasteiger partial charge is 0.254 e. The second kappa shape index (κ2) is 7.37. The normalized spacial score (nSPS) is 9.95. The number of benzene rings is 1. The van der Waals surface area contributed by atoms with Crippen LogP contribution in [-0.2, 0) is 4.79 Å². The Kier molecular flexibility index (Phi) is 5.83. The van der Waals surface area contributed by atoms with Crippen molar-refractivity contribution in [1.82, 2.24) is 10.2 Å². The lowest BCUT2D eigenvalue weighted by Crippen LogP contribution is -2.38. The predicted octanol–water partition coefficient (Wildman–Crippen LogP) is 0.876. The Balaban J connectivity index is 2.69. The van der Waals surface area contributed by atoms with Crippen molar-refractivity contribution in [2.75, 3.05) is 33.0 Å². The lowest BCUT2D eigenvalue weighted by Gasteiger charge is -2.17. The molecule has 0 spiro atoms. The van der Waals surface area contributed by atoms with Crippen molar-refractivity contribution < 1.29 is 14.3 Å². The van der Waals surface area contributed by atoms with Crippen LogP contribution in [0.4, 0.5) is 5.69 Å². The summed E-state index contributed by atoms with van der Waals surface area (Å²) in [6.45, 7) is 2.59. The van der Waals surface area contributed by atoms with Crippen molar-refractivity contribution in [3.63, 3.8) is 0 Å². The zero-order valence-corrected chi connectivity index (χ0v) is 12.1. The number of hydrogen-bond acceptors (Lipinski definition) is 4. The lowest BCUT2D eigenvalue weighted by atomic mass is 10.1. The number of nitrogen functional groups attached to an aromatic ring is 1. The van der Waals surface area contributed by atoms with E-state index >= 15 is 0 Å². The van der Waals surface area contributed by atoms with Gasteiger partial charge in [-0.2, -0.15) is 0 Å². The van der Waals surface area contributed by atoms with E-state index in [0.29, 0.717) is 23.5 Å². The number of likely N-dealkylation sites (N-methyl/N-ethyl adjacent to an activating group) is 1. The SMILES string of the molecule is CCCNC(=O)CN(C)C(=O)c1ccc(OC)c(N)c1. The third-order valence-corrected chi connectivity index (χ3v) is 2.78. The molecule has 0 heterocycles. The van der Waals surface area contributed by atoms with Gasteiger partial charge in [-0.25, -0.2) is 0 Å². The number of carbonyl (C=O) groups excluding carboxylic acids is 2. The molecule has 0 unspecified atom stereocenters. The van der Waals surface area contributed by atoms with Gasteiger partial charge in [0, 0.05) is 19.2 Å². The first kappa shape index (κ1) is 15.8. The average Bonchev–Trinajstić information content (AvgIpc) is 2.44. The van der Waals surface area contributed by atoms with Crippen molar-refractivity contribution in [3.8, 4) is 5.75 Å². The minimum absolute atomic E-state index is 0.0186. The van der Waals surface area contributed by atoms with Crippen LogP contribution < -0.4 is 15.8 Å². The van der Waals surface area contributed by atoms with Crippen LogP contribution in [-0.4, -0.2) is 44.0 Å². The van der Waals surface area contributed by atoms with E-state index in [-0.39, 0.29) is 18.4 Å². The predicted molar refractivity (Wildman–Crippen MR) is 77.7 cm³/mol. The number of anilines is 1. The minimum atomic E-state index is -0.258. The van der Waals surface area contributed by atoms with Gasteiger partial charge >= 0.3 is 0 Å². The molecule has 0 radical (unpaired) electrons. The number of nitrogens with one attached hydrogen (secondary N) is 1. The van der Waals surface area contributed by atoms with Gasteiger partial charge < -0.3 is 20.7 Å². The standard InChI is InChI=1S/C14H21N3O3/c1-4-7-16-13(18)9-17(2)14(19)10-5-6-12(20-3)11(15)8-10/h5-6,8H,4,7,9,15H2,1-3H3,(H,16,18). The summed E-state index contributed by atoms with van der Waals surface area (Å²) in [5.41, 5.74) is 6.58. The first-order chi connectivity index (χ1) is 9.49. The van der Waals surface area contributed by atoms with Crippen molar-refractivity contribution in [2.24, 2.45) is 0 Å². The molecule has 1 aromatic carbocycles. The zero-order chi connectivity index (χ0) is 15.1. The first-order valence-corrected chi connectivity index (χ1v) is 6.45. The summed E-state index contributed by atoms with van der Waals surface area (Å²) in [5, 5.41) is 2.72. The van der Waals surface area contributed by atoms with Crippen LogP contribution in [0.25, 0.3) is 0 Å². The molecule has 0 saturated heterocycles. The van der Waals surface area contributed by atoms with Crippen molar-refractivity contribution in [3.05, 3.63) is 23.8 Å². The van der Waals surface area contributed by atoms with Gasteiger partial charge in [0.2, 0.25) is 5.91 Å². The molecule has 0 atom stereocenters. The summed E-state index contributed by atoms with van der Waals surface area (Å²) in [6.07, 6.45) is 0.860. The number of methoxy groups -OCH3 is 1. The Morgan fingerprint density at radius 2 is 2.10 bits per heavy atom. The number of nitrogens with two attached hydrogens (primary N) is 1. The van der Waals surface area contributed by atoms with Gasteiger partial charge in [0.15, 0.2) is 0 Å². The molecule has 0 aliphatic carbocycles. The quantitative estimate of drug-likeness (QED) is 0.757. The van der Waals surface area contributed by atoms with Gasteiger partial charge in [-0.05, 0) is 24.6 Å². The number of nitrogens with zero attached hydrogens (tertiary/aromatic N) is 1. The molecular weight excluding hydrogens is 258 g/mol. The van der Waals surface area contributed by atoms with Crippen LogP contribution in [0.15, 0.2) is 18.2 Å². The minimum Gasteiger partial charge on any atom is -0.495 e. The molecule has 6 nitrogen and oxygen atoms in total. The molecule has 1 rings (SSSR count). The third-order valence-electron chi connectivity index (χ3n) is 2.78. The van der Waals surface area contributed by atoms with Crippen molar-refractivity contribution >= 4 is 17.5 Å². The maximum Gasteiger partial charge on any atom is 0.254 e. The van der Waals surface area contributed by atoms with E-state index < -0.39 is 0 Å². The highest BCUT2D eigenvalue weighted by Gasteiger charge is 2.15. The lowest BCUT2D eigenvalue weighted by molar-refractivity contribution is -0.121. The number of amides is 2. The number of carbonyl (C=O) groups is 2. The van der Waals surface area contributed by atoms with Crippen LogP contribution >= 0.6 is 0 Å². The zero-order valence-electron chi connectivity index (χ0n) is 12.1. The van der Waals surface area contributed by atoms with Crippen LogP contribution in [0.5, 0.6) is 5.75 Å². The van der Waals surface area contributed by atoms with E-state index in [0.717, 1.165) is 6.42 Å². The summed E-state index contributed by atoms with van der Waals surface area (Å²) in [6, 6.07) is 4.80. The molecule has 0 bridgehead atoms. The van der Waals surface area contributed by atoms with E-state index in [1.807, 2.05) is 6.92 Å². The molecule has 1 aromatic rings. The fourth-order valence-corrected chi connectivity index (χ4v) is 1.70. The van der Waals surface area contributed by atoms with E-state index in [9.17, 15) is 9.59 Å². The summed E-state index contributed by atoms with van der Waals surface area (Å²) in [4.78, 5) is 25.1. The molecule has 6 heteroatoms. The van der Waals surface area contributed by atoms with E-state index in [4.69, 9.17) is 10.5 Å². The van der Waals surface area contributed by atoms with Crippen LogP contribution in [0.2, 0.25) is 0 Å². The van der Waals surface area contributed by atoms with Gasteiger partial charge in [0.1, 0.15) is 5.75 Å². The Morgan fingerprint density at radius 1 is 1.40 bits per heavy atom. The summed E-state index contributed by atoms with van der Waals surface area (Å²) in [7, 11) is 3.09. The molecule has 2 amide bonds. The number of hydrogen-bond donors (Lipinski definition) is 2. The fraction of sp³-hybridized carbons (Fsp3) is 0.429. The molecule has 110 valence electrons. The Hall–Kier alpha value is -2.24. The van der Waals surface area contributed by atoms with Gasteiger partial charge in [-0.1, -0.05) is 6.92 Å². The molecule has 0 aromatic heterocycles. The Morgan fingerprint density at radius 3 is 2.65 bits per heavy atom. The molecule has 0 saturated carbocycles. The Labute approximate surface area is 118 Å². The second-order valence-electron chi connectivity index (χ2n) is 4.47. The molecule has 3 N–H and O–H groups in total. The van der Waals surface area contributed by atoms with Crippen molar-refractivity contribution in [1.29, 1.82) is 0 Å². The molecule has 0 aliphatic heterocycles. The van der Waals surface area contributed by atoms with Gasteiger partial charge in [0.25, 0.3) is 5.91 Å². The maximum absolute atomic E-state index is 12.2. The largest absolute Gasteiger partial charge is 0.495 e.